The third kappa shape index (κ3) is 4.93. The molecule has 42 heavy (non-hydrogen) atoms. The Morgan fingerprint density at radius 1 is 1.14 bits per heavy atom. The second-order valence-corrected chi connectivity index (χ2v) is 11.6. The SMILES string of the molecule is CCN(C(=O)CN1C(=O)C2(CCC(Oc3ccc4[nH]ncc4c3)CC2)c2c(Br)cccc21)c1cccc(C(F)(F)F)c1. The van der Waals surface area contributed by atoms with Crippen molar-refractivity contribution in [3.8, 4) is 5.75 Å². The van der Waals surface area contributed by atoms with Crippen LogP contribution in [0.4, 0.5) is 24.5 Å². The summed E-state index contributed by atoms with van der Waals surface area (Å²) < 4.78 is 47.1. The van der Waals surface area contributed by atoms with Crippen LogP contribution in [0.1, 0.15) is 43.7 Å². The lowest BCUT2D eigenvalue weighted by molar-refractivity contribution is -0.137. The van der Waals surface area contributed by atoms with Gasteiger partial charge in [0.05, 0.1) is 28.8 Å². The van der Waals surface area contributed by atoms with Gasteiger partial charge < -0.3 is 14.5 Å². The van der Waals surface area contributed by atoms with Gasteiger partial charge in [-0.05, 0) is 81.1 Å². The normalized spacial score (nSPS) is 20.3. The number of rotatable bonds is 6. The lowest BCUT2D eigenvalue weighted by Gasteiger charge is -2.37. The highest BCUT2D eigenvalue weighted by Crippen LogP contribution is 2.53. The number of nitrogens with one attached hydrogen (secondary N) is 1. The van der Waals surface area contributed by atoms with Crippen LogP contribution in [0.25, 0.3) is 10.9 Å². The third-order valence-corrected chi connectivity index (χ3v) is 8.97. The van der Waals surface area contributed by atoms with E-state index in [1.807, 2.05) is 36.4 Å². The average Bonchev–Trinajstić information content (AvgIpc) is 3.52. The molecule has 218 valence electrons. The first-order chi connectivity index (χ1) is 20.1. The molecule has 2 heterocycles. The summed E-state index contributed by atoms with van der Waals surface area (Å²) in [5.74, 6) is 0.113. The van der Waals surface area contributed by atoms with Crippen LogP contribution in [-0.4, -0.2) is 41.2 Å². The number of hydrogen-bond donors (Lipinski definition) is 1. The fourth-order valence-corrected chi connectivity index (χ4v) is 7.00. The summed E-state index contributed by atoms with van der Waals surface area (Å²) in [5, 5.41) is 7.93. The van der Waals surface area contributed by atoms with Gasteiger partial charge in [0.2, 0.25) is 11.8 Å². The standard InChI is InChI=1S/C31H28BrF3N4O3/c1-2-38(21-6-3-5-20(16-21)31(33,34)35)27(40)18-39-26-8-4-7-24(32)28(26)30(29(39)41)13-11-22(12-14-30)42-23-9-10-25-19(15-23)17-36-37-25/h3-10,15-17,22H,2,11-14,18H2,1H3,(H,36,37). The molecule has 1 saturated carbocycles. The maximum atomic E-state index is 14.2. The molecule has 0 unspecified atom stereocenters. The first-order valence-electron chi connectivity index (χ1n) is 13.8. The number of ether oxygens (including phenoxy) is 1. The minimum Gasteiger partial charge on any atom is -0.490 e. The van der Waals surface area contributed by atoms with Gasteiger partial charge in [-0.3, -0.25) is 14.7 Å². The quantitative estimate of drug-likeness (QED) is 0.246. The van der Waals surface area contributed by atoms with Crippen molar-refractivity contribution >= 4 is 50.0 Å². The third-order valence-electron chi connectivity index (χ3n) is 8.31. The van der Waals surface area contributed by atoms with Gasteiger partial charge in [0.25, 0.3) is 0 Å². The van der Waals surface area contributed by atoms with Crippen LogP contribution >= 0.6 is 15.9 Å². The summed E-state index contributed by atoms with van der Waals surface area (Å²) in [6, 6.07) is 16.0. The topological polar surface area (TPSA) is 78.5 Å². The number of fused-ring (bicyclic) bond motifs is 3. The van der Waals surface area contributed by atoms with Crippen LogP contribution in [0.5, 0.6) is 5.75 Å². The van der Waals surface area contributed by atoms with Gasteiger partial charge in [0.15, 0.2) is 0 Å². The first-order valence-corrected chi connectivity index (χ1v) is 14.6. The smallest absolute Gasteiger partial charge is 0.416 e. The highest BCUT2D eigenvalue weighted by molar-refractivity contribution is 9.10. The summed E-state index contributed by atoms with van der Waals surface area (Å²) in [4.78, 5) is 30.5. The number of anilines is 2. The Morgan fingerprint density at radius 2 is 1.90 bits per heavy atom. The van der Waals surface area contributed by atoms with Gasteiger partial charge in [0.1, 0.15) is 12.3 Å². The van der Waals surface area contributed by atoms with Crippen molar-refractivity contribution in [3.63, 3.8) is 0 Å². The fourth-order valence-electron chi connectivity index (χ4n) is 6.27. The number of hydrogen-bond acceptors (Lipinski definition) is 4. The van der Waals surface area contributed by atoms with Crippen molar-refractivity contribution in [3.05, 3.63) is 82.5 Å². The summed E-state index contributed by atoms with van der Waals surface area (Å²) >= 11 is 3.65. The van der Waals surface area contributed by atoms with E-state index in [9.17, 15) is 22.8 Å². The number of likely N-dealkylation sites (N-methyl/N-ethyl adjacent to an activating group) is 1. The van der Waals surface area contributed by atoms with Crippen molar-refractivity contribution in [2.75, 3.05) is 22.9 Å². The van der Waals surface area contributed by atoms with Gasteiger partial charge in [-0.2, -0.15) is 18.3 Å². The molecule has 1 spiro atoms. The molecule has 0 bridgehead atoms. The zero-order chi connectivity index (χ0) is 29.6. The molecule has 2 aliphatic rings. The van der Waals surface area contributed by atoms with E-state index in [0.29, 0.717) is 31.4 Å². The molecule has 0 saturated heterocycles. The Labute approximate surface area is 248 Å². The summed E-state index contributed by atoms with van der Waals surface area (Å²) in [6.07, 6.45) is -0.509. The Morgan fingerprint density at radius 3 is 2.64 bits per heavy atom. The lowest BCUT2D eigenvalue weighted by atomic mass is 9.69. The number of halogens is 4. The summed E-state index contributed by atoms with van der Waals surface area (Å²) in [5.41, 5.74) is 0.903. The van der Waals surface area contributed by atoms with Crippen molar-refractivity contribution in [1.29, 1.82) is 0 Å². The fraction of sp³-hybridized carbons (Fsp3) is 0.323. The Balaban J connectivity index is 1.22. The zero-order valence-electron chi connectivity index (χ0n) is 22.7. The molecular formula is C31H28BrF3N4O3. The molecule has 4 aromatic rings. The van der Waals surface area contributed by atoms with Gasteiger partial charge in [-0.15, -0.1) is 0 Å². The van der Waals surface area contributed by atoms with E-state index in [4.69, 9.17) is 4.74 Å². The summed E-state index contributed by atoms with van der Waals surface area (Å²) in [6.45, 7) is 1.57. The van der Waals surface area contributed by atoms with Crippen molar-refractivity contribution in [1.82, 2.24) is 10.2 Å². The molecule has 0 radical (unpaired) electrons. The number of nitrogens with zero attached hydrogens (tertiary/aromatic N) is 3. The highest BCUT2D eigenvalue weighted by atomic mass is 79.9. The van der Waals surface area contributed by atoms with Crippen molar-refractivity contribution in [2.24, 2.45) is 0 Å². The highest BCUT2D eigenvalue weighted by Gasteiger charge is 2.54. The number of carbonyl (C=O) groups excluding carboxylic acids is 2. The molecule has 7 nitrogen and oxygen atoms in total. The van der Waals surface area contributed by atoms with Gasteiger partial charge in [0, 0.05) is 33.3 Å². The van der Waals surface area contributed by atoms with E-state index in [-0.39, 0.29) is 30.8 Å². The van der Waals surface area contributed by atoms with E-state index in [0.717, 1.165) is 38.8 Å². The number of H-pyrrole nitrogens is 1. The molecule has 0 atom stereocenters. The van der Waals surface area contributed by atoms with Crippen LogP contribution in [0.3, 0.4) is 0 Å². The molecule has 1 fully saturated rings. The number of aromatic nitrogens is 2. The van der Waals surface area contributed by atoms with Gasteiger partial charge >= 0.3 is 6.18 Å². The molecule has 1 aliphatic carbocycles. The Bertz CT molecular complexity index is 1660. The first kappa shape index (κ1) is 28.3. The second kappa shape index (κ2) is 10.8. The van der Waals surface area contributed by atoms with E-state index >= 15 is 0 Å². The lowest BCUT2D eigenvalue weighted by Crippen LogP contribution is -2.48. The zero-order valence-corrected chi connectivity index (χ0v) is 24.3. The van der Waals surface area contributed by atoms with Gasteiger partial charge in [-0.25, -0.2) is 0 Å². The maximum Gasteiger partial charge on any atom is 0.416 e. The second-order valence-electron chi connectivity index (χ2n) is 10.7. The molecule has 11 heteroatoms. The number of amides is 2. The average molecular weight is 641 g/mol. The van der Waals surface area contributed by atoms with Crippen LogP contribution in [-0.2, 0) is 21.2 Å². The number of alkyl halides is 3. The Hall–Kier alpha value is -3.86. The number of aromatic amines is 1. The van der Waals surface area contributed by atoms with E-state index in [2.05, 4.69) is 26.1 Å². The van der Waals surface area contributed by atoms with Crippen molar-refractivity contribution in [2.45, 2.75) is 50.3 Å². The van der Waals surface area contributed by atoms with E-state index < -0.39 is 23.1 Å². The predicted molar refractivity (Wildman–Crippen MR) is 157 cm³/mol. The summed E-state index contributed by atoms with van der Waals surface area (Å²) in [7, 11) is 0. The van der Waals surface area contributed by atoms with Crippen LogP contribution in [0.2, 0.25) is 0 Å². The number of benzene rings is 3. The predicted octanol–water partition coefficient (Wildman–Crippen LogP) is 7.00. The molecule has 2 amide bonds. The Kier molecular flexibility index (Phi) is 7.24. The maximum absolute atomic E-state index is 14.2. The molecule has 3 aromatic carbocycles. The largest absolute Gasteiger partial charge is 0.490 e. The van der Waals surface area contributed by atoms with Gasteiger partial charge in [-0.1, -0.05) is 28.1 Å². The van der Waals surface area contributed by atoms with E-state index in [1.54, 1.807) is 13.1 Å². The van der Waals surface area contributed by atoms with Crippen LogP contribution < -0.4 is 14.5 Å². The molecule has 1 N–H and O–H groups in total. The molecule has 1 aliphatic heterocycles. The minimum atomic E-state index is -4.53. The van der Waals surface area contributed by atoms with Crippen LogP contribution in [0, 0.1) is 0 Å². The molecular weight excluding hydrogens is 613 g/mol. The minimum absolute atomic E-state index is 0.0779. The monoisotopic (exact) mass is 640 g/mol. The number of carbonyl (C=O) groups is 2. The molecule has 1 aromatic heterocycles. The van der Waals surface area contributed by atoms with Crippen molar-refractivity contribution < 1.29 is 27.5 Å². The van der Waals surface area contributed by atoms with Crippen LogP contribution in [0.15, 0.2) is 71.3 Å². The molecule has 6 rings (SSSR count). The van der Waals surface area contributed by atoms with E-state index in [1.165, 1.54) is 21.9 Å².